The zero-order valence-corrected chi connectivity index (χ0v) is 11.6. The fourth-order valence-corrected chi connectivity index (χ4v) is 2.43. The SMILES string of the molecule is CCCC(CCC)C(O)Cc1ccc(Cl)cc1. The third kappa shape index (κ3) is 5.10. The van der Waals surface area contributed by atoms with Gasteiger partial charge in [-0.3, -0.25) is 0 Å². The van der Waals surface area contributed by atoms with Crippen molar-refractivity contribution in [3.63, 3.8) is 0 Å². The highest BCUT2D eigenvalue weighted by Gasteiger charge is 2.17. The summed E-state index contributed by atoms with van der Waals surface area (Å²) < 4.78 is 0. The van der Waals surface area contributed by atoms with Crippen molar-refractivity contribution in [3.05, 3.63) is 34.9 Å². The van der Waals surface area contributed by atoms with Crippen molar-refractivity contribution in [1.82, 2.24) is 0 Å². The maximum absolute atomic E-state index is 10.3. The Bertz CT molecular complexity index is 301. The third-order valence-electron chi connectivity index (χ3n) is 3.22. The molecule has 0 saturated heterocycles. The number of hydrogen-bond donors (Lipinski definition) is 1. The minimum Gasteiger partial charge on any atom is -0.392 e. The second-order valence-corrected chi connectivity index (χ2v) is 5.17. The molecule has 0 bridgehead atoms. The second-order valence-electron chi connectivity index (χ2n) is 4.74. The van der Waals surface area contributed by atoms with Crippen molar-refractivity contribution in [3.8, 4) is 0 Å². The molecule has 1 N–H and O–H groups in total. The van der Waals surface area contributed by atoms with Gasteiger partial charge in [0.2, 0.25) is 0 Å². The lowest BCUT2D eigenvalue weighted by molar-refractivity contribution is 0.0963. The van der Waals surface area contributed by atoms with Crippen molar-refractivity contribution in [2.45, 2.75) is 52.1 Å². The Morgan fingerprint density at radius 3 is 2.06 bits per heavy atom. The van der Waals surface area contributed by atoms with Crippen LogP contribution in [0, 0.1) is 5.92 Å². The van der Waals surface area contributed by atoms with Crippen molar-refractivity contribution >= 4 is 11.6 Å². The molecule has 0 heterocycles. The molecular weight excluding hydrogens is 232 g/mol. The Balaban J connectivity index is 2.55. The summed E-state index contributed by atoms with van der Waals surface area (Å²) >= 11 is 5.85. The lowest BCUT2D eigenvalue weighted by Gasteiger charge is -2.22. The molecule has 1 atom stereocenters. The van der Waals surface area contributed by atoms with Crippen LogP contribution >= 0.6 is 11.6 Å². The lowest BCUT2D eigenvalue weighted by atomic mass is 9.89. The highest BCUT2D eigenvalue weighted by molar-refractivity contribution is 6.30. The second kappa shape index (κ2) is 7.73. The molecule has 1 aromatic rings. The van der Waals surface area contributed by atoms with Crippen LogP contribution in [0.2, 0.25) is 5.02 Å². The topological polar surface area (TPSA) is 20.2 Å². The van der Waals surface area contributed by atoms with E-state index < -0.39 is 0 Å². The summed E-state index contributed by atoms with van der Waals surface area (Å²) in [4.78, 5) is 0. The van der Waals surface area contributed by atoms with E-state index in [0.717, 1.165) is 37.1 Å². The van der Waals surface area contributed by atoms with Crippen molar-refractivity contribution < 1.29 is 5.11 Å². The molecule has 0 aliphatic rings. The van der Waals surface area contributed by atoms with Crippen molar-refractivity contribution in [1.29, 1.82) is 0 Å². The van der Waals surface area contributed by atoms with Gasteiger partial charge in [0.05, 0.1) is 6.10 Å². The molecule has 2 heteroatoms. The van der Waals surface area contributed by atoms with E-state index in [-0.39, 0.29) is 6.10 Å². The van der Waals surface area contributed by atoms with Gasteiger partial charge in [0.1, 0.15) is 0 Å². The molecule has 0 spiro atoms. The molecule has 1 unspecified atom stereocenters. The van der Waals surface area contributed by atoms with Crippen LogP contribution in [0.5, 0.6) is 0 Å². The molecule has 17 heavy (non-hydrogen) atoms. The fourth-order valence-electron chi connectivity index (χ4n) is 2.30. The molecule has 1 nitrogen and oxygen atoms in total. The van der Waals surface area contributed by atoms with Crippen LogP contribution in [-0.2, 0) is 6.42 Å². The van der Waals surface area contributed by atoms with Gasteiger partial charge in [-0.15, -0.1) is 0 Å². The van der Waals surface area contributed by atoms with Gasteiger partial charge in [0.15, 0.2) is 0 Å². The Hall–Kier alpha value is -0.530. The summed E-state index contributed by atoms with van der Waals surface area (Å²) in [7, 11) is 0. The van der Waals surface area contributed by atoms with Gasteiger partial charge < -0.3 is 5.11 Å². The van der Waals surface area contributed by atoms with Gasteiger partial charge >= 0.3 is 0 Å². The smallest absolute Gasteiger partial charge is 0.0608 e. The monoisotopic (exact) mass is 254 g/mol. The molecule has 0 aromatic heterocycles. The van der Waals surface area contributed by atoms with E-state index >= 15 is 0 Å². The standard InChI is InChI=1S/C15H23ClO/c1-3-5-13(6-4-2)15(17)11-12-7-9-14(16)10-8-12/h7-10,13,15,17H,3-6,11H2,1-2H3. The quantitative estimate of drug-likeness (QED) is 0.762. The van der Waals surface area contributed by atoms with Crippen LogP contribution in [0.25, 0.3) is 0 Å². The molecule has 0 amide bonds. The van der Waals surface area contributed by atoms with Crippen LogP contribution in [0.15, 0.2) is 24.3 Å². The van der Waals surface area contributed by atoms with Crippen LogP contribution in [0.1, 0.15) is 45.1 Å². The molecule has 0 aliphatic heterocycles. The first-order chi connectivity index (χ1) is 8.17. The maximum Gasteiger partial charge on any atom is 0.0608 e. The summed E-state index contributed by atoms with van der Waals surface area (Å²) in [5, 5.41) is 11.0. The van der Waals surface area contributed by atoms with E-state index in [9.17, 15) is 5.11 Å². The normalized spacial score (nSPS) is 13.0. The summed E-state index contributed by atoms with van der Waals surface area (Å²) in [6, 6.07) is 7.78. The Morgan fingerprint density at radius 2 is 1.59 bits per heavy atom. The molecule has 0 saturated carbocycles. The average Bonchev–Trinajstić information content (AvgIpc) is 2.32. The molecular formula is C15H23ClO. The van der Waals surface area contributed by atoms with Crippen molar-refractivity contribution in [2.75, 3.05) is 0 Å². The van der Waals surface area contributed by atoms with Gasteiger partial charge in [-0.05, 0) is 42.9 Å². The lowest BCUT2D eigenvalue weighted by Crippen LogP contribution is -2.22. The number of aliphatic hydroxyl groups is 1. The molecule has 0 radical (unpaired) electrons. The minimum absolute atomic E-state index is 0.226. The Morgan fingerprint density at radius 1 is 1.06 bits per heavy atom. The Labute approximate surface area is 110 Å². The van der Waals surface area contributed by atoms with Gasteiger partial charge in [0.25, 0.3) is 0 Å². The van der Waals surface area contributed by atoms with E-state index in [1.165, 1.54) is 5.56 Å². The van der Waals surface area contributed by atoms with E-state index in [0.29, 0.717) is 5.92 Å². The molecule has 96 valence electrons. The summed E-state index contributed by atoms with van der Waals surface area (Å²) in [5.41, 5.74) is 1.17. The van der Waals surface area contributed by atoms with Crippen LogP contribution < -0.4 is 0 Å². The number of benzene rings is 1. The predicted molar refractivity (Wildman–Crippen MR) is 74.5 cm³/mol. The third-order valence-corrected chi connectivity index (χ3v) is 3.47. The number of aliphatic hydroxyl groups excluding tert-OH is 1. The number of halogens is 1. The fraction of sp³-hybridized carbons (Fsp3) is 0.600. The van der Waals surface area contributed by atoms with Crippen LogP contribution in [0.3, 0.4) is 0 Å². The van der Waals surface area contributed by atoms with Gasteiger partial charge in [-0.25, -0.2) is 0 Å². The highest BCUT2D eigenvalue weighted by atomic mass is 35.5. The molecule has 1 rings (SSSR count). The zero-order chi connectivity index (χ0) is 12.7. The first kappa shape index (κ1) is 14.5. The minimum atomic E-state index is -0.226. The van der Waals surface area contributed by atoms with Crippen LogP contribution in [-0.4, -0.2) is 11.2 Å². The Kier molecular flexibility index (Phi) is 6.61. The van der Waals surface area contributed by atoms with E-state index in [1.807, 2.05) is 24.3 Å². The highest BCUT2D eigenvalue weighted by Crippen LogP contribution is 2.21. The summed E-state index contributed by atoms with van der Waals surface area (Å²) in [5.74, 6) is 0.431. The maximum atomic E-state index is 10.3. The van der Waals surface area contributed by atoms with Crippen molar-refractivity contribution in [2.24, 2.45) is 5.92 Å². The molecule has 0 aliphatic carbocycles. The largest absolute Gasteiger partial charge is 0.392 e. The average molecular weight is 255 g/mol. The number of hydrogen-bond acceptors (Lipinski definition) is 1. The van der Waals surface area contributed by atoms with E-state index in [1.54, 1.807) is 0 Å². The first-order valence-electron chi connectivity index (χ1n) is 6.59. The number of rotatable bonds is 7. The van der Waals surface area contributed by atoms with Gasteiger partial charge in [-0.2, -0.15) is 0 Å². The molecule has 1 aromatic carbocycles. The van der Waals surface area contributed by atoms with Crippen LogP contribution in [0.4, 0.5) is 0 Å². The summed E-state index contributed by atoms with van der Waals surface area (Å²) in [6.45, 7) is 4.36. The molecule has 0 fully saturated rings. The predicted octanol–water partition coefficient (Wildman–Crippen LogP) is 4.46. The van der Waals surface area contributed by atoms with E-state index in [2.05, 4.69) is 13.8 Å². The first-order valence-corrected chi connectivity index (χ1v) is 6.97. The van der Waals surface area contributed by atoms with E-state index in [4.69, 9.17) is 11.6 Å². The zero-order valence-electron chi connectivity index (χ0n) is 10.8. The van der Waals surface area contributed by atoms with Gasteiger partial charge in [0, 0.05) is 5.02 Å². The summed E-state index contributed by atoms with van der Waals surface area (Å²) in [6.07, 6.45) is 5.02. The van der Waals surface area contributed by atoms with Gasteiger partial charge in [-0.1, -0.05) is 50.4 Å².